The summed E-state index contributed by atoms with van der Waals surface area (Å²) in [5, 5.41) is 0. The van der Waals surface area contributed by atoms with Crippen LogP contribution in [0.5, 0.6) is 0 Å². The lowest BCUT2D eigenvalue weighted by Gasteiger charge is -2.10. The van der Waals surface area contributed by atoms with Crippen LogP contribution in [0.15, 0.2) is 6.20 Å². The van der Waals surface area contributed by atoms with Crippen LogP contribution >= 0.6 is 0 Å². The summed E-state index contributed by atoms with van der Waals surface area (Å²) in [6.45, 7) is 9.93. The van der Waals surface area contributed by atoms with Gasteiger partial charge >= 0.3 is 0 Å². The van der Waals surface area contributed by atoms with Crippen LogP contribution in [0.2, 0.25) is 0 Å². The van der Waals surface area contributed by atoms with Crippen LogP contribution in [0.3, 0.4) is 0 Å². The summed E-state index contributed by atoms with van der Waals surface area (Å²) >= 11 is 0. The van der Waals surface area contributed by atoms with Gasteiger partial charge in [0, 0.05) is 24.9 Å². The van der Waals surface area contributed by atoms with Crippen molar-refractivity contribution in [1.29, 1.82) is 0 Å². The van der Waals surface area contributed by atoms with Crippen molar-refractivity contribution >= 4 is 0 Å². The summed E-state index contributed by atoms with van der Waals surface area (Å²) in [5.41, 5.74) is 1.29. The number of imidazole rings is 1. The quantitative estimate of drug-likeness (QED) is 0.696. The van der Waals surface area contributed by atoms with E-state index in [1.54, 1.807) is 0 Å². The predicted molar refractivity (Wildman–Crippen MR) is 55.8 cm³/mol. The Balaban J connectivity index is 2.68. The molecule has 0 N–H and O–H groups in total. The minimum atomic E-state index is 0.770. The summed E-state index contributed by atoms with van der Waals surface area (Å²) in [6.07, 6.45) is 4.25. The molecule has 2 nitrogen and oxygen atoms in total. The molecule has 0 spiro atoms. The summed E-state index contributed by atoms with van der Waals surface area (Å²) in [5.74, 6) is 1.99. The standard InChI is InChI=1S/C11H20N2/c1-5-11-12-8-10(4)13(11)7-6-9(2)3/h8-9H,5-7H2,1-4H3. The average molecular weight is 180 g/mol. The highest BCUT2D eigenvalue weighted by molar-refractivity contribution is 5.03. The topological polar surface area (TPSA) is 17.8 Å². The minimum Gasteiger partial charge on any atom is -0.332 e. The number of aromatic nitrogens is 2. The van der Waals surface area contributed by atoms with Crippen molar-refractivity contribution in [3.05, 3.63) is 17.7 Å². The van der Waals surface area contributed by atoms with E-state index in [9.17, 15) is 0 Å². The van der Waals surface area contributed by atoms with Crippen molar-refractivity contribution in [2.45, 2.75) is 47.1 Å². The molecule has 13 heavy (non-hydrogen) atoms. The molecule has 1 heterocycles. The lowest BCUT2D eigenvalue weighted by molar-refractivity contribution is 0.501. The molecule has 1 aromatic heterocycles. The molecule has 0 aromatic carbocycles. The maximum atomic E-state index is 4.38. The summed E-state index contributed by atoms with van der Waals surface area (Å²) < 4.78 is 2.33. The second-order valence-corrected chi connectivity index (χ2v) is 4.00. The highest BCUT2D eigenvalue weighted by Crippen LogP contribution is 2.09. The fourth-order valence-electron chi connectivity index (χ4n) is 1.49. The second-order valence-electron chi connectivity index (χ2n) is 4.00. The zero-order chi connectivity index (χ0) is 9.84. The molecular formula is C11H20N2. The zero-order valence-corrected chi connectivity index (χ0v) is 9.17. The normalized spacial score (nSPS) is 11.2. The van der Waals surface area contributed by atoms with Gasteiger partial charge in [-0.2, -0.15) is 0 Å². The van der Waals surface area contributed by atoms with E-state index in [1.807, 2.05) is 6.20 Å². The van der Waals surface area contributed by atoms with Gasteiger partial charge in [-0.25, -0.2) is 4.98 Å². The molecule has 0 unspecified atom stereocenters. The van der Waals surface area contributed by atoms with Crippen molar-refractivity contribution in [2.24, 2.45) is 5.92 Å². The van der Waals surface area contributed by atoms with Crippen LogP contribution in [0.25, 0.3) is 0 Å². The van der Waals surface area contributed by atoms with Gasteiger partial charge in [0.1, 0.15) is 5.82 Å². The predicted octanol–water partition coefficient (Wildman–Crippen LogP) is 2.80. The van der Waals surface area contributed by atoms with Crippen LogP contribution in [-0.4, -0.2) is 9.55 Å². The molecule has 0 aliphatic heterocycles. The molecule has 0 saturated heterocycles. The van der Waals surface area contributed by atoms with Crippen molar-refractivity contribution < 1.29 is 0 Å². The number of rotatable bonds is 4. The lowest BCUT2D eigenvalue weighted by atomic mass is 10.1. The van der Waals surface area contributed by atoms with E-state index in [-0.39, 0.29) is 0 Å². The number of nitrogens with zero attached hydrogens (tertiary/aromatic N) is 2. The van der Waals surface area contributed by atoms with Crippen molar-refractivity contribution in [2.75, 3.05) is 0 Å². The van der Waals surface area contributed by atoms with E-state index in [0.29, 0.717) is 0 Å². The van der Waals surface area contributed by atoms with E-state index in [1.165, 1.54) is 17.9 Å². The van der Waals surface area contributed by atoms with Gasteiger partial charge in [-0.15, -0.1) is 0 Å². The SMILES string of the molecule is CCc1ncc(C)n1CCC(C)C. The Labute approximate surface area is 81.0 Å². The number of hydrogen-bond acceptors (Lipinski definition) is 1. The molecule has 0 radical (unpaired) electrons. The van der Waals surface area contributed by atoms with Gasteiger partial charge in [0.2, 0.25) is 0 Å². The molecule has 2 heteroatoms. The molecule has 0 amide bonds. The Morgan fingerprint density at radius 2 is 2.15 bits per heavy atom. The van der Waals surface area contributed by atoms with Crippen LogP contribution < -0.4 is 0 Å². The first-order valence-electron chi connectivity index (χ1n) is 5.16. The maximum absolute atomic E-state index is 4.38. The van der Waals surface area contributed by atoms with Gasteiger partial charge in [-0.3, -0.25) is 0 Å². The number of aryl methyl sites for hydroxylation is 2. The monoisotopic (exact) mass is 180 g/mol. The molecule has 1 rings (SSSR count). The minimum absolute atomic E-state index is 0.770. The van der Waals surface area contributed by atoms with Gasteiger partial charge in [-0.1, -0.05) is 20.8 Å². The zero-order valence-electron chi connectivity index (χ0n) is 9.17. The first kappa shape index (κ1) is 10.3. The third-order valence-corrected chi connectivity index (χ3v) is 2.38. The fraction of sp³-hybridized carbons (Fsp3) is 0.727. The first-order chi connectivity index (χ1) is 6.15. The molecule has 0 aliphatic carbocycles. The Hall–Kier alpha value is -0.790. The fourth-order valence-corrected chi connectivity index (χ4v) is 1.49. The van der Waals surface area contributed by atoms with Gasteiger partial charge in [0.05, 0.1) is 0 Å². The molecule has 0 fully saturated rings. The van der Waals surface area contributed by atoms with E-state index in [4.69, 9.17) is 0 Å². The van der Waals surface area contributed by atoms with Crippen molar-refractivity contribution in [3.8, 4) is 0 Å². The highest BCUT2D eigenvalue weighted by Gasteiger charge is 2.04. The summed E-state index contributed by atoms with van der Waals surface area (Å²) in [6, 6.07) is 0. The Bertz CT molecular complexity index is 261. The van der Waals surface area contributed by atoms with Crippen molar-refractivity contribution in [3.63, 3.8) is 0 Å². The van der Waals surface area contributed by atoms with Crippen LogP contribution in [0.1, 0.15) is 38.7 Å². The lowest BCUT2D eigenvalue weighted by Crippen LogP contribution is -2.07. The molecule has 0 saturated carbocycles. The van der Waals surface area contributed by atoms with Crippen LogP contribution in [0, 0.1) is 12.8 Å². The molecule has 74 valence electrons. The van der Waals surface area contributed by atoms with Gasteiger partial charge in [-0.05, 0) is 19.3 Å². The first-order valence-corrected chi connectivity index (χ1v) is 5.16. The largest absolute Gasteiger partial charge is 0.332 e. The van der Waals surface area contributed by atoms with Crippen LogP contribution in [0.4, 0.5) is 0 Å². The molecular weight excluding hydrogens is 160 g/mol. The van der Waals surface area contributed by atoms with E-state index in [0.717, 1.165) is 18.9 Å². The van der Waals surface area contributed by atoms with E-state index < -0.39 is 0 Å². The van der Waals surface area contributed by atoms with Crippen LogP contribution in [-0.2, 0) is 13.0 Å². The third-order valence-electron chi connectivity index (χ3n) is 2.38. The molecule has 1 aromatic rings. The Kier molecular flexibility index (Phi) is 3.52. The maximum Gasteiger partial charge on any atom is 0.108 e. The number of hydrogen-bond donors (Lipinski definition) is 0. The van der Waals surface area contributed by atoms with Gasteiger partial charge in [0.15, 0.2) is 0 Å². The third kappa shape index (κ3) is 2.58. The van der Waals surface area contributed by atoms with Gasteiger partial charge in [0.25, 0.3) is 0 Å². The smallest absolute Gasteiger partial charge is 0.108 e. The summed E-state index contributed by atoms with van der Waals surface area (Å²) in [4.78, 5) is 4.38. The van der Waals surface area contributed by atoms with Gasteiger partial charge < -0.3 is 4.57 Å². The molecule has 0 atom stereocenters. The Morgan fingerprint density at radius 3 is 2.69 bits per heavy atom. The highest BCUT2D eigenvalue weighted by atomic mass is 15.1. The summed E-state index contributed by atoms with van der Waals surface area (Å²) in [7, 11) is 0. The molecule has 0 aliphatic rings. The molecule has 0 bridgehead atoms. The van der Waals surface area contributed by atoms with E-state index in [2.05, 4.69) is 37.2 Å². The Morgan fingerprint density at radius 1 is 1.46 bits per heavy atom. The average Bonchev–Trinajstić information content (AvgIpc) is 2.43. The van der Waals surface area contributed by atoms with Crippen molar-refractivity contribution in [1.82, 2.24) is 9.55 Å². The van der Waals surface area contributed by atoms with E-state index >= 15 is 0 Å². The second kappa shape index (κ2) is 4.45.